The average Bonchev–Trinajstić information content (AvgIpc) is 2.73. The highest BCUT2D eigenvalue weighted by molar-refractivity contribution is 9.10. The fourth-order valence-electron chi connectivity index (χ4n) is 2.69. The molecule has 160 valence electrons. The number of unbranched alkanes of at least 4 members (excludes halogenated alkanes) is 2. The summed E-state index contributed by atoms with van der Waals surface area (Å²) in [5.41, 5.74) is 1.66. The Hall–Kier alpha value is -1.33. The van der Waals surface area contributed by atoms with E-state index in [0.29, 0.717) is 13.2 Å². The molecule has 0 aromatic heterocycles. The summed E-state index contributed by atoms with van der Waals surface area (Å²) in [6, 6.07) is 15.2. The number of rotatable bonds is 13. The van der Waals surface area contributed by atoms with Crippen molar-refractivity contribution in [2.24, 2.45) is 0 Å². The van der Waals surface area contributed by atoms with Crippen LogP contribution in [0.4, 0.5) is 5.69 Å². The van der Waals surface area contributed by atoms with E-state index in [-0.39, 0.29) is 0 Å². The highest BCUT2D eigenvalue weighted by atomic mass is 79.9. The van der Waals surface area contributed by atoms with Gasteiger partial charge in [0.15, 0.2) is 5.78 Å². The molecule has 0 saturated carbocycles. The van der Waals surface area contributed by atoms with Gasteiger partial charge in [-0.25, -0.2) is 0 Å². The van der Waals surface area contributed by atoms with Crippen molar-refractivity contribution in [3.8, 4) is 5.75 Å². The molecular formula is C22H31BrNO4P. The Balaban J connectivity index is 2.36. The molecule has 2 aromatic carbocycles. The molecule has 0 radical (unpaired) electrons. The van der Waals surface area contributed by atoms with Crippen LogP contribution in [0.25, 0.3) is 0 Å². The van der Waals surface area contributed by atoms with Gasteiger partial charge in [0, 0.05) is 10.2 Å². The van der Waals surface area contributed by atoms with Gasteiger partial charge in [0.25, 0.3) is 0 Å². The highest BCUT2D eigenvalue weighted by Crippen LogP contribution is 2.61. The van der Waals surface area contributed by atoms with Gasteiger partial charge in [0.1, 0.15) is 5.75 Å². The van der Waals surface area contributed by atoms with Crippen molar-refractivity contribution >= 4 is 29.2 Å². The first-order chi connectivity index (χ1) is 14.0. The first kappa shape index (κ1) is 23.9. The normalized spacial score (nSPS) is 12.6. The van der Waals surface area contributed by atoms with Crippen molar-refractivity contribution in [3.05, 3.63) is 58.6 Å². The van der Waals surface area contributed by atoms with Crippen molar-refractivity contribution in [1.82, 2.24) is 0 Å². The lowest BCUT2D eigenvalue weighted by Crippen LogP contribution is -2.16. The Morgan fingerprint density at radius 3 is 1.97 bits per heavy atom. The van der Waals surface area contributed by atoms with Crippen LogP contribution < -0.4 is 10.1 Å². The molecule has 0 aliphatic heterocycles. The van der Waals surface area contributed by atoms with Crippen LogP contribution in [-0.4, -0.2) is 20.3 Å². The Labute approximate surface area is 182 Å². The zero-order chi connectivity index (χ0) is 21.1. The van der Waals surface area contributed by atoms with E-state index in [2.05, 4.69) is 35.1 Å². The fraction of sp³-hybridized carbons (Fsp3) is 0.455. The minimum atomic E-state index is -3.47. The van der Waals surface area contributed by atoms with Crippen LogP contribution in [0.3, 0.4) is 0 Å². The summed E-state index contributed by atoms with van der Waals surface area (Å²) in [7, 11) is -1.84. The second-order valence-electron chi connectivity index (χ2n) is 6.74. The summed E-state index contributed by atoms with van der Waals surface area (Å²) in [6.07, 6.45) is 3.58. The molecule has 0 spiro atoms. The molecule has 1 atom stereocenters. The molecule has 2 rings (SSSR count). The van der Waals surface area contributed by atoms with E-state index < -0.39 is 13.4 Å². The van der Waals surface area contributed by atoms with Crippen molar-refractivity contribution < 1.29 is 18.3 Å². The van der Waals surface area contributed by atoms with Gasteiger partial charge in [-0.2, -0.15) is 0 Å². The van der Waals surface area contributed by atoms with Crippen LogP contribution >= 0.6 is 23.5 Å². The maximum absolute atomic E-state index is 13.9. The minimum absolute atomic E-state index is 0.400. The maximum Gasteiger partial charge on any atom is 0.357 e. The molecule has 0 bridgehead atoms. The van der Waals surface area contributed by atoms with Crippen LogP contribution in [0.2, 0.25) is 0 Å². The molecule has 0 amide bonds. The third kappa shape index (κ3) is 7.45. The topological polar surface area (TPSA) is 56.8 Å². The molecule has 7 heteroatoms. The maximum atomic E-state index is 13.9. The molecule has 0 fully saturated rings. The third-order valence-corrected chi connectivity index (χ3v) is 7.11. The van der Waals surface area contributed by atoms with E-state index in [1.165, 1.54) is 0 Å². The van der Waals surface area contributed by atoms with Crippen molar-refractivity contribution in [3.63, 3.8) is 0 Å². The molecule has 1 unspecified atom stereocenters. The fourth-order valence-corrected chi connectivity index (χ4v) is 4.94. The van der Waals surface area contributed by atoms with Crippen LogP contribution in [0.1, 0.15) is 50.9 Å². The van der Waals surface area contributed by atoms with E-state index in [1.807, 2.05) is 48.5 Å². The van der Waals surface area contributed by atoms with Gasteiger partial charge in [-0.3, -0.25) is 4.57 Å². The summed E-state index contributed by atoms with van der Waals surface area (Å²) in [5, 5.41) is 3.38. The quantitative estimate of drug-likeness (QED) is 0.237. The van der Waals surface area contributed by atoms with E-state index in [0.717, 1.165) is 47.2 Å². The van der Waals surface area contributed by atoms with E-state index in [4.69, 9.17) is 13.8 Å². The minimum Gasteiger partial charge on any atom is -0.497 e. The molecular weight excluding hydrogens is 453 g/mol. The van der Waals surface area contributed by atoms with Crippen molar-refractivity contribution in [2.75, 3.05) is 25.6 Å². The van der Waals surface area contributed by atoms with E-state index >= 15 is 0 Å². The molecule has 0 heterocycles. The van der Waals surface area contributed by atoms with Crippen molar-refractivity contribution in [2.45, 2.75) is 45.3 Å². The van der Waals surface area contributed by atoms with Gasteiger partial charge in [-0.1, -0.05) is 54.8 Å². The van der Waals surface area contributed by atoms with E-state index in [9.17, 15) is 4.57 Å². The van der Waals surface area contributed by atoms with E-state index in [1.54, 1.807) is 7.11 Å². The number of ether oxygens (including phenoxy) is 1. The monoisotopic (exact) mass is 483 g/mol. The Kier molecular flexibility index (Phi) is 10.2. The largest absolute Gasteiger partial charge is 0.497 e. The second kappa shape index (κ2) is 12.4. The Morgan fingerprint density at radius 1 is 0.931 bits per heavy atom. The third-order valence-electron chi connectivity index (χ3n) is 4.43. The number of benzene rings is 2. The number of hydrogen-bond acceptors (Lipinski definition) is 5. The summed E-state index contributed by atoms with van der Waals surface area (Å²) < 4.78 is 32.0. The Bertz CT molecular complexity index is 753. The molecule has 5 nitrogen and oxygen atoms in total. The van der Waals surface area contributed by atoms with Crippen LogP contribution in [0.5, 0.6) is 5.75 Å². The lowest BCUT2D eigenvalue weighted by molar-refractivity contribution is 0.194. The number of anilines is 1. The number of methoxy groups -OCH3 is 1. The molecule has 0 saturated heterocycles. The molecule has 29 heavy (non-hydrogen) atoms. The molecule has 0 aliphatic carbocycles. The zero-order valence-electron chi connectivity index (χ0n) is 17.4. The van der Waals surface area contributed by atoms with Gasteiger partial charge in [0.05, 0.1) is 20.3 Å². The number of halogens is 1. The second-order valence-corrected chi connectivity index (χ2v) is 9.77. The van der Waals surface area contributed by atoms with Gasteiger partial charge >= 0.3 is 7.60 Å². The van der Waals surface area contributed by atoms with Gasteiger partial charge < -0.3 is 19.1 Å². The molecule has 1 N–H and O–H groups in total. The average molecular weight is 484 g/mol. The van der Waals surface area contributed by atoms with Gasteiger partial charge in [0.2, 0.25) is 0 Å². The lowest BCUT2D eigenvalue weighted by Gasteiger charge is -2.29. The highest BCUT2D eigenvalue weighted by Gasteiger charge is 2.37. The summed E-state index contributed by atoms with van der Waals surface area (Å²) in [4.78, 5) is 0. The van der Waals surface area contributed by atoms with Crippen molar-refractivity contribution in [1.29, 1.82) is 0 Å². The predicted molar refractivity (Wildman–Crippen MR) is 123 cm³/mol. The first-order valence-electron chi connectivity index (χ1n) is 10.1. The van der Waals surface area contributed by atoms with Crippen LogP contribution in [-0.2, 0) is 13.6 Å². The summed E-state index contributed by atoms with van der Waals surface area (Å²) in [5.74, 6) is 0.148. The van der Waals surface area contributed by atoms with Gasteiger partial charge in [-0.15, -0.1) is 0 Å². The van der Waals surface area contributed by atoms with Crippen LogP contribution in [0, 0.1) is 0 Å². The molecule has 0 aliphatic rings. The van der Waals surface area contributed by atoms with Crippen LogP contribution in [0.15, 0.2) is 53.0 Å². The Morgan fingerprint density at radius 2 is 1.48 bits per heavy atom. The standard InChI is InChI=1S/C22H31BrNO4P/c1-4-6-16-27-29(25,28-17-7-5-2)22(18-8-10-19(23)11-9-18)24-20-12-14-21(26-3)15-13-20/h8-15,22,24H,4-7,16-17H2,1-3H3. The zero-order valence-corrected chi connectivity index (χ0v) is 19.9. The lowest BCUT2D eigenvalue weighted by atomic mass is 10.2. The number of nitrogens with one attached hydrogen (secondary N) is 1. The predicted octanol–water partition coefficient (Wildman–Crippen LogP) is 7.39. The smallest absolute Gasteiger partial charge is 0.357 e. The SMILES string of the molecule is CCCCOP(=O)(OCCCC)C(Nc1ccc(OC)cc1)c1ccc(Br)cc1. The number of hydrogen-bond donors (Lipinski definition) is 1. The summed E-state index contributed by atoms with van der Waals surface area (Å²) >= 11 is 3.46. The first-order valence-corrected chi connectivity index (χ1v) is 12.5. The molecule has 2 aromatic rings. The summed E-state index contributed by atoms with van der Waals surface area (Å²) in [6.45, 7) is 4.95. The van der Waals surface area contributed by atoms with Gasteiger partial charge in [-0.05, 0) is 54.8 Å².